The lowest BCUT2D eigenvalue weighted by atomic mass is 10.0. The first-order chi connectivity index (χ1) is 16.3. The van der Waals surface area contributed by atoms with Crippen molar-refractivity contribution in [3.8, 4) is 34.0 Å². The predicted octanol–water partition coefficient (Wildman–Crippen LogP) is 4.58. The van der Waals surface area contributed by atoms with E-state index in [4.69, 9.17) is 15.1 Å². The quantitative estimate of drug-likeness (QED) is 0.382. The van der Waals surface area contributed by atoms with E-state index >= 15 is 0 Å². The summed E-state index contributed by atoms with van der Waals surface area (Å²) in [5.41, 5.74) is 4.81. The van der Waals surface area contributed by atoms with E-state index in [-0.39, 0.29) is 0 Å². The van der Waals surface area contributed by atoms with E-state index in [1.165, 1.54) is 0 Å². The molecule has 8 nitrogen and oxygen atoms in total. The van der Waals surface area contributed by atoms with Gasteiger partial charge in [-0.15, -0.1) is 10.2 Å². The molecular weight excluding hydrogens is 412 g/mol. The molecular formula is C25H24N8. The number of aromatic amines is 1. The number of unbranched alkanes of at least 4 members (excludes halogenated alkanes) is 1. The fraction of sp³-hybridized carbons (Fsp3) is 0.200. The average molecular weight is 437 g/mol. The van der Waals surface area contributed by atoms with Crippen LogP contribution in [-0.4, -0.2) is 40.4 Å². The van der Waals surface area contributed by atoms with Gasteiger partial charge in [0, 0.05) is 29.3 Å². The van der Waals surface area contributed by atoms with Crippen molar-refractivity contribution in [1.82, 2.24) is 40.4 Å². The Morgan fingerprint density at radius 3 is 2.45 bits per heavy atom. The third-order valence-electron chi connectivity index (χ3n) is 5.45. The van der Waals surface area contributed by atoms with Crippen LogP contribution in [-0.2, 0) is 13.0 Å². The zero-order chi connectivity index (χ0) is 22.5. The molecule has 0 fully saturated rings. The zero-order valence-electron chi connectivity index (χ0n) is 18.4. The number of nitrogens with zero attached hydrogens (tertiary/aromatic N) is 7. The van der Waals surface area contributed by atoms with Gasteiger partial charge in [0.25, 0.3) is 0 Å². The lowest BCUT2D eigenvalue weighted by Crippen LogP contribution is -2.05. The van der Waals surface area contributed by atoms with Crippen LogP contribution in [0.5, 0.6) is 0 Å². The topological polar surface area (TPSA) is 98.1 Å². The van der Waals surface area contributed by atoms with E-state index in [1.807, 2.05) is 59.4 Å². The van der Waals surface area contributed by atoms with Gasteiger partial charge >= 0.3 is 0 Å². The van der Waals surface area contributed by atoms with Gasteiger partial charge < -0.3 is 0 Å². The largest absolute Gasteiger partial charge is 0.256 e. The maximum atomic E-state index is 4.83. The Bertz CT molecular complexity index is 1310. The van der Waals surface area contributed by atoms with Crippen LogP contribution in [0.3, 0.4) is 0 Å². The Morgan fingerprint density at radius 2 is 1.73 bits per heavy atom. The fourth-order valence-electron chi connectivity index (χ4n) is 3.77. The average Bonchev–Trinajstić information content (AvgIpc) is 3.54. The Kier molecular flexibility index (Phi) is 5.97. The Hall–Kier alpha value is -4.20. The minimum atomic E-state index is 0.547. The molecule has 0 saturated carbocycles. The van der Waals surface area contributed by atoms with Crippen LogP contribution in [0.1, 0.15) is 31.2 Å². The third kappa shape index (κ3) is 4.55. The lowest BCUT2D eigenvalue weighted by Gasteiger charge is -2.09. The minimum Gasteiger partial charge on any atom is -0.256 e. The second kappa shape index (κ2) is 9.52. The van der Waals surface area contributed by atoms with Gasteiger partial charge in [0.1, 0.15) is 0 Å². The number of tetrazole rings is 1. The summed E-state index contributed by atoms with van der Waals surface area (Å²) >= 11 is 0. The molecule has 0 spiro atoms. The molecule has 33 heavy (non-hydrogen) atoms. The van der Waals surface area contributed by atoms with E-state index in [2.05, 4.69) is 45.7 Å². The molecule has 0 atom stereocenters. The minimum absolute atomic E-state index is 0.547. The summed E-state index contributed by atoms with van der Waals surface area (Å²) in [5.74, 6) is 2.31. The SMILES string of the molecule is CCCCc1nc(-c2ccccc2)n(Cc2ccc(-c3ccccc3-c3nn[nH]n3)nc2)n1. The van der Waals surface area contributed by atoms with Gasteiger partial charge in [-0.25, -0.2) is 9.67 Å². The highest BCUT2D eigenvalue weighted by atomic mass is 15.5. The normalized spacial score (nSPS) is 11.1. The summed E-state index contributed by atoms with van der Waals surface area (Å²) in [6, 6.07) is 22.2. The number of nitrogens with one attached hydrogen (secondary N) is 1. The molecule has 8 heteroatoms. The summed E-state index contributed by atoms with van der Waals surface area (Å²) in [6.07, 6.45) is 4.97. The van der Waals surface area contributed by atoms with Crippen molar-refractivity contribution in [3.05, 3.63) is 84.3 Å². The molecule has 2 aromatic carbocycles. The second-order valence-electron chi connectivity index (χ2n) is 7.81. The van der Waals surface area contributed by atoms with Gasteiger partial charge in [0.2, 0.25) is 5.82 Å². The van der Waals surface area contributed by atoms with Gasteiger partial charge in [-0.3, -0.25) is 4.98 Å². The number of pyridine rings is 1. The maximum absolute atomic E-state index is 4.83. The van der Waals surface area contributed by atoms with Crippen molar-refractivity contribution < 1.29 is 0 Å². The molecule has 0 aliphatic heterocycles. The first kappa shape index (κ1) is 20.7. The third-order valence-corrected chi connectivity index (χ3v) is 5.45. The second-order valence-corrected chi connectivity index (χ2v) is 7.81. The van der Waals surface area contributed by atoms with Crippen molar-refractivity contribution >= 4 is 0 Å². The molecule has 0 amide bonds. The van der Waals surface area contributed by atoms with Gasteiger partial charge in [0.05, 0.1) is 12.2 Å². The van der Waals surface area contributed by atoms with Crippen LogP contribution in [0, 0.1) is 0 Å². The smallest absolute Gasteiger partial charge is 0.205 e. The zero-order valence-corrected chi connectivity index (χ0v) is 18.4. The summed E-state index contributed by atoms with van der Waals surface area (Å²) in [4.78, 5) is 9.55. The molecule has 3 heterocycles. The van der Waals surface area contributed by atoms with E-state index < -0.39 is 0 Å². The number of hydrogen-bond donors (Lipinski definition) is 1. The monoisotopic (exact) mass is 436 g/mol. The number of aryl methyl sites for hydroxylation is 1. The fourth-order valence-corrected chi connectivity index (χ4v) is 3.77. The van der Waals surface area contributed by atoms with Gasteiger partial charge in [0.15, 0.2) is 11.6 Å². The molecule has 5 rings (SSSR count). The number of aromatic nitrogens is 8. The molecule has 164 valence electrons. The van der Waals surface area contributed by atoms with Crippen LogP contribution < -0.4 is 0 Å². The maximum Gasteiger partial charge on any atom is 0.205 e. The predicted molar refractivity (Wildman–Crippen MR) is 126 cm³/mol. The van der Waals surface area contributed by atoms with E-state index in [0.717, 1.165) is 58.9 Å². The molecule has 5 aromatic rings. The molecule has 0 unspecified atom stereocenters. The molecule has 0 aliphatic carbocycles. The first-order valence-electron chi connectivity index (χ1n) is 11.1. The summed E-state index contributed by atoms with van der Waals surface area (Å²) in [5, 5.41) is 19.2. The van der Waals surface area contributed by atoms with Crippen LogP contribution in [0.25, 0.3) is 34.0 Å². The summed E-state index contributed by atoms with van der Waals surface area (Å²) in [7, 11) is 0. The van der Waals surface area contributed by atoms with Crippen molar-refractivity contribution in [2.24, 2.45) is 0 Å². The highest BCUT2D eigenvalue weighted by molar-refractivity contribution is 5.78. The van der Waals surface area contributed by atoms with Gasteiger partial charge in [-0.05, 0) is 23.3 Å². The van der Waals surface area contributed by atoms with Crippen LogP contribution in [0.4, 0.5) is 0 Å². The van der Waals surface area contributed by atoms with Crippen molar-refractivity contribution in [1.29, 1.82) is 0 Å². The molecule has 0 saturated heterocycles. The van der Waals surface area contributed by atoms with Crippen LogP contribution in [0.15, 0.2) is 72.9 Å². The number of rotatable bonds is 8. The van der Waals surface area contributed by atoms with Gasteiger partial charge in [-0.1, -0.05) is 74.0 Å². The molecule has 1 N–H and O–H groups in total. The molecule has 0 aliphatic rings. The number of benzene rings is 2. The van der Waals surface area contributed by atoms with Crippen molar-refractivity contribution in [2.75, 3.05) is 0 Å². The number of hydrogen-bond acceptors (Lipinski definition) is 6. The van der Waals surface area contributed by atoms with Crippen LogP contribution >= 0.6 is 0 Å². The highest BCUT2D eigenvalue weighted by Gasteiger charge is 2.14. The van der Waals surface area contributed by atoms with Crippen LogP contribution in [0.2, 0.25) is 0 Å². The molecule has 0 radical (unpaired) electrons. The molecule has 3 aromatic heterocycles. The Labute approximate surface area is 191 Å². The van der Waals surface area contributed by atoms with E-state index in [1.54, 1.807) is 0 Å². The van der Waals surface area contributed by atoms with Crippen molar-refractivity contribution in [2.45, 2.75) is 32.7 Å². The summed E-state index contributed by atoms with van der Waals surface area (Å²) in [6.45, 7) is 2.78. The lowest BCUT2D eigenvalue weighted by molar-refractivity contribution is 0.664. The summed E-state index contributed by atoms with van der Waals surface area (Å²) < 4.78 is 1.98. The van der Waals surface area contributed by atoms with Crippen molar-refractivity contribution in [3.63, 3.8) is 0 Å². The Balaban J connectivity index is 1.43. The standard InChI is InChI=1S/C25H24N8/c1-2-3-13-23-27-25(19-9-5-4-6-10-19)33(30-23)17-18-14-15-22(26-16-18)20-11-7-8-12-21(20)24-28-31-32-29-24/h4-12,14-16H,2-3,13,17H2,1H3,(H,28,29,31,32). The van der Waals surface area contributed by atoms with Gasteiger partial charge in [-0.2, -0.15) is 10.3 Å². The number of H-pyrrole nitrogens is 1. The highest BCUT2D eigenvalue weighted by Crippen LogP contribution is 2.28. The first-order valence-corrected chi connectivity index (χ1v) is 11.1. The van der Waals surface area contributed by atoms with E-state index in [0.29, 0.717) is 12.4 Å². The molecule has 0 bridgehead atoms. The Morgan fingerprint density at radius 1 is 0.909 bits per heavy atom. The van der Waals surface area contributed by atoms with E-state index in [9.17, 15) is 0 Å².